The summed E-state index contributed by atoms with van der Waals surface area (Å²) in [5.74, 6) is -1.91. The van der Waals surface area contributed by atoms with Crippen LogP contribution in [0, 0.1) is 21.7 Å². The van der Waals surface area contributed by atoms with Crippen LogP contribution in [0.3, 0.4) is 0 Å². The first-order chi connectivity index (χ1) is 9.49. The van der Waals surface area contributed by atoms with Crippen molar-refractivity contribution in [3.05, 3.63) is 68.7 Å². The predicted octanol–water partition coefficient (Wildman–Crippen LogP) is 4.14. The van der Waals surface area contributed by atoms with E-state index in [0.717, 1.165) is 12.1 Å². The number of anilines is 1. The Hall–Kier alpha value is -2.21. The van der Waals surface area contributed by atoms with Gasteiger partial charge in [0, 0.05) is 6.54 Å². The molecular formula is C13H9ClF2N2O2. The molecule has 7 heteroatoms. The molecule has 0 radical (unpaired) electrons. The molecule has 0 heterocycles. The first-order valence-electron chi connectivity index (χ1n) is 5.59. The minimum absolute atomic E-state index is 0.00490. The number of nitrogens with one attached hydrogen (secondary N) is 1. The zero-order valence-corrected chi connectivity index (χ0v) is 10.8. The monoisotopic (exact) mass is 298 g/mol. The van der Waals surface area contributed by atoms with Crippen LogP contribution in [0.2, 0.25) is 5.02 Å². The molecule has 2 aromatic carbocycles. The Kier molecular flexibility index (Phi) is 4.14. The molecule has 2 aromatic rings. The average molecular weight is 299 g/mol. The average Bonchev–Trinajstić information content (AvgIpc) is 2.39. The van der Waals surface area contributed by atoms with Crippen LogP contribution in [0.15, 0.2) is 36.4 Å². The summed E-state index contributed by atoms with van der Waals surface area (Å²) >= 11 is 5.76. The molecule has 4 nitrogen and oxygen atoms in total. The molecule has 0 bridgehead atoms. The number of hydrogen-bond donors (Lipinski definition) is 1. The first-order valence-corrected chi connectivity index (χ1v) is 5.97. The third kappa shape index (κ3) is 3.03. The fourth-order valence-electron chi connectivity index (χ4n) is 1.69. The van der Waals surface area contributed by atoms with Crippen molar-refractivity contribution in [3.63, 3.8) is 0 Å². The van der Waals surface area contributed by atoms with Gasteiger partial charge in [0.15, 0.2) is 11.6 Å². The fourth-order valence-corrected chi connectivity index (χ4v) is 1.93. The molecule has 0 saturated heterocycles. The first kappa shape index (κ1) is 14.2. The standard InChI is InChI=1S/C13H9ClF2N2O2/c14-9-2-1-3-12(13(9)18(19)20)17-7-8-4-5-10(15)11(16)6-8/h1-6,17H,7H2. The van der Waals surface area contributed by atoms with E-state index < -0.39 is 16.6 Å². The van der Waals surface area contributed by atoms with Crippen LogP contribution < -0.4 is 5.32 Å². The number of nitro benzene ring substituents is 1. The van der Waals surface area contributed by atoms with E-state index in [1.807, 2.05) is 0 Å². The molecule has 0 unspecified atom stereocenters. The Labute approximate surface area is 118 Å². The highest BCUT2D eigenvalue weighted by Gasteiger charge is 2.17. The van der Waals surface area contributed by atoms with Gasteiger partial charge in [-0.2, -0.15) is 0 Å². The van der Waals surface area contributed by atoms with Gasteiger partial charge in [-0.25, -0.2) is 8.78 Å². The van der Waals surface area contributed by atoms with Crippen LogP contribution in [-0.4, -0.2) is 4.92 Å². The molecule has 0 aliphatic heterocycles. The highest BCUT2D eigenvalue weighted by atomic mass is 35.5. The van der Waals surface area contributed by atoms with Gasteiger partial charge in [-0.3, -0.25) is 10.1 Å². The highest BCUT2D eigenvalue weighted by Crippen LogP contribution is 2.32. The molecule has 0 amide bonds. The number of rotatable bonds is 4. The van der Waals surface area contributed by atoms with Gasteiger partial charge in [0.05, 0.1) is 4.92 Å². The Morgan fingerprint density at radius 1 is 1.20 bits per heavy atom. The lowest BCUT2D eigenvalue weighted by Crippen LogP contribution is -2.03. The summed E-state index contributed by atoms with van der Waals surface area (Å²) in [6.45, 7) is 0.110. The van der Waals surface area contributed by atoms with Gasteiger partial charge in [0.1, 0.15) is 10.7 Å². The van der Waals surface area contributed by atoms with Gasteiger partial charge in [0.25, 0.3) is 0 Å². The van der Waals surface area contributed by atoms with Crippen LogP contribution in [0.4, 0.5) is 20.2 Å². The van der Waals surface area contributed by atoms with Gasteiger partial charge in [0.2, 0.25) is 0 Å². The number of halogens is 3. The maximum atomic E-state index is 13.0. The molecule has 104 valence electrons. The Balaban J connectivity index is 2.21. The quantitative estimate of drug-likeness (QED) is 0.682. The normalized spacial score (nSPS) is 10.3. The van der Waals surface area contributed by atoms with E-state index in [4.69, 9.17) is 11.6 Å². The number of para-hydroxylation sites is 1. The van der Waals surface area contributed by atoms with Crippen molar-refractivity contribution in [2.45, 2.75) is 6.54 Å². The van der Waals surface area contributed by atoms with Crippen LogP contribution in [-0.2, 0) is 6.54 Å². The third-order valence-corrected chi connectivity index (χ3v) is 2.94. The van der Waals surface area contributed by atoms with Crippen molar-refractivity contribution >= 4 is 23.0 Å². The fraction of sp³-hybridized carbons (Fsp3) is 0.0769. The number of nitrogens with zero attached hydrogens (tertiary/aromatic N) is 1. The highest BCUT2D eigenvalue weighted by molar-refractivity contribution is 6.33. The lowest BCUT2D eigenvalue weighted by atomic mass is 10.2. The summed E-state index contributed by atoms with van der Waals surface area (Å²) in [4.78, 5) is 10.3. The van der Waals surface area contributed by atoms with Crippen molar-refractivity contribution in [2.75, 3.05) is 5.32 Å². The summed E-state index contributed by atoms with van der Waals surface area (Å²) in [6.07, 6.45) is 0. The van der Waals surface area contributed by atoms with Crippen molar-refractivity contribution in [2.24, 2.45) is 0 Å². The SMILES string of the molecule is O=[N+]([O-])c1c(Cl)cccc1NCc1ccc(F)c(F)c1. The summed E-state index contributed by atoms with van der Waals surface area (Å²) in [5.41, 5.74) is 0.419. The van der Waals surface area contributed by atoms with Gasteiger partial charge < -0.3 is 5.32 Å². The van der Waals surface area contributed by atoms with E-state index in [2.05, 4.69) is 5.32 Å². The molecule has 0 fully saturated rings. The molecule has 20 heavy (non-hydrogen) atoms. The van der Waals surface area contributed by atoms with Gasteiger partial charge in [-0.05, 0) is 29.8 Å². The third-order valence-electron chi connectivity index (χ3n) is 2.64. The molecule has 0 saturated carbocycles. The molecule has 0 aliphatic carbocycles. The molecule has 0 aromatic heterocycles. The van der Waals surface area contributed by atoms with E-state index in [-0.39, 0.29) is 22.9 Å². The molecule has 0 atom stereocenters. The molecule has 1 N–H and O–H groups in total. The molecule has 0 aliphatic rings. The lowest BCUT2D eigenvalue weighted by Gasteiger charge is -2.08. The van der Waals surface area contributed by atoms with Gasteiger partial charge >= 0.3 is 5.69 Å². The largest absolute Gasteiger partial charge is 0.375 e. The maximum absolute atomic E-state index is 13.0. The minimum Gasteiger partial charge on any atom is -0.375 e. The predicted molar refractivity (Wildman–Crippen MR) is 71.8 cm³/mol. The van der Waals surface area contributed by atoms with E-state index >= 15 is 0 Å². The zero-order chi connectivity index (χ0) is 14.7. The topological polar surface area (TPSA) is 55.2 Å². The van der Waals surface area contributed by atoms with E-state index in [9.17, 15) is 18.9 Å². The Bertz CT molecular complexity index is 665. The van der Waals surface area contributed by atoms with Gasteiger partial charge in [-0.15, -0.1) is 0 Å². The summed E-state index contributed by atoms with van der Waals surface area (Å²) in [5, 5.41) is 13.7. The number of hydrogen-bond acceptors (Lipinski definition) is 3. The minimum atomic E-state index is -0.968. The smallest absolute Gasteiger partial charge is 0.310 e. The molecular weight excluding hydrogens is 290 g/mol. The molecule has 0 spiro atoms. The second kappa shape index (κ2) is 5.83. The van der Waals surface area contributed by atoms with Gasteiger partial charge in [-0.1, -0.05) is 23.7 Å². The van der Waals surface area contributed by atoms with E-state index in [1.165, 1.54) is 18.2 Å². The van der Waals surface area contributed by atoms with Crippen molar-refractivity contribution in [3.8, 4) is 0 Å². The van der Waals surface area contributed by atoms with Crippen LogP contribution in [0.1, 0.15) is 5.56 Å². The van der Waals surface area contributed by atoms with Crippen molar-refractivity contribution in [1.29, 1.82) is 0 Å². The second-order valence-corrected chi connectivity index (χ2v) is 4.40. The van der Waals surface area contributed by atoms with Crippen LogP contribution in [0.5, 0.6) is 0 Å². The van der Waals surface area contributed by atoms with Crippen LogP contribution >= 0.6 is 11.6 Å². The number of nitro groups is 1. The van der Waals surface area contributed by atoms with E-state index in [0.29, 0.717) is 5.56 Å². The van der Waals surface area contributed by atoms with E-state index in [1.54, 1.807) is 6.07 Å². The van der Waals surface area contributed by atoms with Crippen LogP contribution in [0.25, 0.3) is 0 Å². The second-order valence-electron chi connectivity index (χ2n) is 4.00. The summed E-state index contributed by atoms with van der Waals surface area (Å²) < 4.78 is 25.8. The van der Waals surface area contributed by atoms with Crippen molar-refractivity contribution < 1.29 is 13.7 Å². The summed E-state index contributed by atoms with van der Waals surface area (Å²) in [6, 6.07) is 7.87. The summed E-state index contributed by atoms with van der Waals surface area (Å²) in [7, 11) is 0. The maximum Gasteiger partial charge on any atom is 0.310 e. The number of benzene rings is 2. The zero-order valence-electron chi connectivity index (χ0n) is 10.1. The van der Waals surface area contributed by atoms with Crippen molar-refractivity contribution in [1.82, 2.24) is 0 Å². The lowest BCUT2D eigenvalue weighted by molar-refractivity contribution is -0.383. The molecule has 2 rings (SSSR count). The Morgan fingerprint density at radius 2 is 1.95 bits per heavy atom. The Morgan fingerprint density at radius 3 is 2.60 bits per heavy atom.